The zero-order chi connectivity index (χ0) is 17.6. The molecule has 7 nitrogen and oxygen atoms in total. The first-order valence-electron chi connectivity index (χ1n) is 7.92. The van der Waals surface area contributed by atoms with Crippen molar-refractivity contribution in [3.05, 3.63) is 58.0 Å². The number of nitrogens with zero attached hydrogens (tertiary/aromatic N) is 1. The van der Waals surface area contributed by atoms with E-state index in [1.807, 2.05) is 25.1 Å². The summed E-state index contributed by atoms with van der Waals surface area (Å²) in [6.45, 7) is 2.12. The van der Waals surface area contributed by atoms with E-state index in [0.717, 1.165) is 11.1 Å². The summed E-state index contributed by atoms with van der Waals surface area (Å²) in [4.78, 5) is 26.9. The third kappa shape index (κ3) is 2.63. The minimum Gasteiger partial charge on any atom is -0.454 e. The van der Waals surface area contributed by atoms with Gasteiger partial charge in [-0.25, -0.2) is 4.79 Å². The fraction of sp³-hybridized carbons (Fsp3) is 0.222. The Hall–Kier alpha value is -3.22. The maximum atomic E-state index is 12.5. The van der Waals surface area contributed by atoms with Crippen LogP contribution in [-0.2, 0) is 7.05 Å². The van der Waals surface area contributed by atoms with Crippen LogP contribution >= 0.6 is 0 Å². The summed E-state index contributed by atoms with van der Waals surface area (Å²) in [5.41, 5.74) is 2.59. The molecule has 1 aliphatic rings. The summed E-state index contributed by atoms with van der Waals surface area (Å²) < 4.78 is 12.2. The zero-order valence-corrected chi connectivity index (χ0v) is 13.8. The molecular formula is C18H17N3O4. The number of H-pyrrole nitrogens is 1. The van der Waals surface area contributed by atoms with Gasteiger partial charge in [0.25, 0.3) is 5.91 Å². The fourth-order valence-electron chi connectivity index (χ4n) is 2.92. The number of amides is 1. The molecule has 1 unspecified atom stereocenters. The predicted molar refractivity (Wildman–Crippen MR) is 92.0 cm³/mol. The number of imidazole rings is 1. The molecule has 0 fully saturated rings. The molecular weight excluding hydrogens is 322 g/mol. The molecule has 4 rings (SSSR count). The molecule has 25 heavy (non-hydrogen) atoms. The van der Waals surface area contributed by atoms with Crippen molar-refractivity contribution < 1.29 is 14.3 Å². The van der Waals surface area contributed by atoms with Crippen molar-refractivity contribution in [2.45, 2.75) is 13.0 Å². The van der Waals surface area contributed by atoms with E-state index in [1.54, 1.807) is 25.2 Å². The summed E-state index contributed by atoms with van der Waals surface area (Å²) >= 11 is 0. The van der Waals surface area contributed by atoms with Gasteiger partial charge in [0.15, 0.2) is 11.5 Å². The lowest BCUT2D eigenvalue weighted by atomic mass is 10.1. The molecule has 7 heteroatoms. The molecule has 0 saturated heterocycles. The highest BCUT2D eigenvalue weighted by Gasteiger charge is 2.18. The van der Waals surface area contributed by atoms with Crippen molar-refractivity contribution in [3.8, 4) is 11.5 Å². The van der Waals surface area contributed by atoms with Crippen LogP contribution in [0.25, 0.3) is 11.0 Å². The molecule has 0 spiro atoms. The highest BCUT2D eigenvalue weighted by Crippen LogP contribution is 2.34. The van der Waals surface area contributed by atoms with Crippen LogP contribution in [0.15, 0.2) is 41.2 Å². The first-order chi connectivity index (χ1) is 12.0. The van der Waals surface area contributed by atoms with Crippen molar-refractivity contribution in [2.24, 2.45) is 7.05 Å². The Balaban J connectivity index is 1.56. The molecule has 1 aromatic heterocycles. The van der Waals surface area contributed by atoms with E-state index in [2.05, 4.69) is 10.3 Å². The van der Waals surface area contributed by atoms with Crippen LogP contribution < -0.4 is 20.5 Å². The van der Waals surface area contributed by atoms with E-state index in [1.165, 1.54) is 4.57 Å². The molecule has 1 atom stereocenters. The second kappa shape index (κ2) is 5.70. The number of nitrogens with one attached hydrogen (secondary N) is 2. The molecule has 0 radical (unpaired) electrons. The molecule has 1 aliphatic heterocycles. The highest BCUT2D eigenvalue weighted by atomic mass is 16.7. The molecule has 0 bridgehead atoms. The zero-order valence-electron chi connectivity index (χ0n) is 13.8. The molecule has 1 amide bonds. The molecule has 2 aromatic carbocycles. The SMILES string of the molecule is CC(NC(=O)c1ccc2c(c1)[nH]c(=O)n2C)c1ccc2c(c1)OCO2. The van der Waals surface area contributed by atoms with Crippen molar-refractivity contribution in [1.29, 1.82) is 0 Å². The number of aryl methyl sites for hydroxylation is 1. The summed E-state index contributed by atoms with van der Waals surface area (Å²) in [5, 5.41) is 2.96. The number of carbonyl (C=O) groups excluding carboxylic acids is 1. The van der Waals surface area contributed by atoms with Crippen LogP contribution in [0.2, 0.25) is 0 Å². The maximum Gasteiger partial charge on any atom is 0.326 e. The van der Waals surface area contributed by atoms with E-state index in [-0.39, 0.29) is 24.4 Å². The second-order valence-corrected chi connectivity index (χ2v) is 6.03. The number of hydrogen-bond acceptors (Lipinski definition) is 4. The lowest BCUT2D eigenvalue weighted by molar-refractivity contribution is 0.0940. The lowest BCUT2D eigenvalue weighted by Crippen LogP contribution is -2.26. The number of carbonyl (C=O) groups is 1. The largest absolute Gasteiger partial charge is 0.454 e. The smallest absolute Gasteiger partial charge is 0.326 e. The Morgan fingerprint density at radius 3 is 2.84 bits per heavy atom. The number of aromatic nitrogens is 2. The molecule has 0 aliphatic carbocycles. The Morgan fingerprint density at radius 1 is 1.20 bits per heavy atom. The first-order valence-corrected chi connectivity index (χ1v) is 7.92. The van der Waals surface area contributed by atoms with Gasteiger partial charge in [-0.05, 0) is 42.8 Å². The summed E-state index contributed by atoms with van der Waals surface area (Å²) in [6.07, 6.45) is 0. The Bertz CT molecular complexity index is 1030. The summed E-state index contributed by atoms with van der Waals surface area (Å²) in [6, 6.07) is 10.5. The second-order valence-electron chi connectivity index (χ2n) is 6.03. The molecule has 2 heterocycles. The van der Waals surface area contributed by atoms with Gasteiger partial charge in [0.2, 0.25) is 6.79 Å². The van der Waals surface area contributed by atoms with Crippen molar-refractivity contribution in [3.63, 3.8) is 0 Å². The fourth-order valence-corrected chi connectivity index (χ4v) is 2.92. The van der Waals surface area contributed by atoms with Gasteiger partial charge >= 0.3 is 5.69 Å². The normalized spacial score (nSPS) is 13.8. The number of aromatic amines is 1. The molecule has 128 valence electrons. The van der Waals surface area contributed by atoms with E-state index in [0.29, 0.717) is 22.6 Å². The quantitative estimate of drug-likeness (QED) is 0.765. The monoisotopic (exact) mass is 339 g/mol. The van der Waals surface area contributed by atoms with Crippen LogP contribution in [0.5, 0.6) is 11.5 Å². The van der Waals surface area contributed by atoms with Gasteiger partial charge in [-0.3, -0.25) is 9.36 Å². The van der Waals surface area contributed by atoms with Crippen molar-refractivity contribution >= 4 is 16.9 Å². The molecule has 3 aromatic rings. The minimum absolute atomic E-state index is 0.201. The van der Waals surface area contributed by atoms with Gasteiger partial charge in [-0.2, -0.15) is 0 Å². The number of fused-ring (bicyclic) bond motifs is 2. The van der Waals surface area contributed by atoms with Gasteiger partial charge in [-0.1, -0.05) is 6.07 Å². The first kappa shape index (κ1) is 15.3. The third-order valence-electron chi connectivity index (χ3n) is 4.41. The van der Waals surface area contributed by atoms with E-state index in [4.69, 9.17) is 9.47 Å². The molecule has 2 N–H and O–H groups in total. The summed E-state index contributed by atoms with van der Waals surface area (Å²) in [7, 11) is 1.68. The van der Waals surface area contributed by atoms with Crippen LogP contribution in [0.3, 0.4) is 0 Å². The van der Waals surface area contributed by atoms with Gasteiger partial charge in [0, 0.05) is 12.6 Å². The van der Waals surface area contributed by atoms with Gasteiger partial charge in [-0.15, -0.1) is 0 Å². The summed E-state index contributed by atoms with van der Waals surface area (Å²) in [5.74, 6) is 1.18. The van der Waals surface area contributed by atoms with Gasteiger partial charge in [0.1, 0.15) is 0 Å². The van der Waals surface area contributed by atoms with Crippen LogP contribution in [0, 0.1) is 0 Å². The number of benzene rings is 2. The number of ether oxygens (including phenoxy) is 2. The maximum absolute atomic E-state index is 12.5. The van der Waals surface area contributed by atoms with Crippen LogP contribution in [-0.4, -0.2) is 22.3 Å². The van der Waals surface area contributed by atoms with Crippen molar-refractivity contribution in [1.82, 2.24) is 14.9 Å². The average molecular weight is 339 g/mol. The lowest BCUT2D eigenvalue weighted by Gasteiger charge is -2.15. The number of rotatable bonds is 3. The standard InChI is InChI=1S/C18H17N3O4/c1-10(11-4-6-15-16(8-11)25-9-24-15)19-17(22)12-3-5-14-13(7-12)20-18(23)21(14)2/h3-8,10H,9H2,1-2H3,(H,19,22)(H,20,23). The van der Waals surface area contributed by atoms with Crippen molar-refractivity contribution in [2.75, 3.05) is 6.79 Å². The van der Waals surface area contributed by atoms with E-state index < -0.39 is 0 Å². The molecule has 0 saturated carbocycles. The van der Waals surface area contributed by atoms with Gasteiger partial charge < -0.3 is 19.8 Å². The average Bonchev–Trinajstić information content (AvgIpc) is 3.18. The Labute approximate surface area is 143 Å². The topological polar surface area (TPSA) is 85.4 Å². The van der Waals surface area contributed by atoms with Crippen LogP contribution in [0.1, 0.15) is 28.9 Å². The minimum atomic E-state index is -0.211. The number of hydrogen-bond donors (Lipinski definition) is 2. The highest BCUT2D eigenvalue weighted by molar-refractivity contribution is 5.97. The van der Waals surface area contributed by atoms with Crippen LogP contribution in [0.4, 0.5) is 0 Å². The Kier molecular flexibility index (Phi) is 3.49. The third-order valence-corrected chi connectivity index (χ3v) is 4.41. The van der Waals surface area contributed by atoms with E-state index in [9.17, 15) is 9.59 Å². The Morgan fingerprint density at radius 2 is 2.00 bits per heavy atom. The van der Waals surface area contributed by atoms with E-state index >= 15 is 0 Å². The predicted octanol–water partition coefficient (Wildman–Crippen LogP) is 2.09. The van der Waals surface area contributed by atoms with Gasteiger partial charge in [0.05, 0.1) is 17.1 Å².